The number of carbonyl (C=O) groups is 1. The lowest BCUT2D eigenvalue weighted by Crippen LogP contribution is -2.35. The zero-order valence-electron chi connectivity index (χ0n) is 11.1. The van der Waals surface area contributed by atoms with Gasteiger partial charge in [-0.05, 0) is 13.3 Å². The van der Waals surface area contributed by atoms with Gasteiger partial charge in [-0.2, -0.15) is 5.10 Å². The Labute approximate surface area is 111 Å². The van der Waals surface area contributed by atoms with Crippen LogP contribution in [0.15, 0.2) is 0 Å². The third-order valence-corrected chi connectivity index (χ3v) is 5.25. The lowest BCUT2D eigenvalue weighted by Gasteiger charge is -2.26. The third-order valence-electron chi connectivity index (χ3n) is 3.50. The second kappa shape index (κ2) is 4.52. The molecule has 1 aromatic heterocycles. The Hall–Kier alpha value is -1.57. The van der Waals surface area contributed by atoms with Crippen molar-refractivity contribution in [2.24, 2.45) is 7.05 Å². The van der Waals surface area contributed by atoms with E-state index in [1.54, 1.807) is 25.9 Å². The maximum Gasteiger partial charge on any atom is 0.341 e. The second-order valence-electron chi connectivity index (χ2n) is 4.88. The zero-order valence-corrected chi connectivity index (χ0v) is 11.9. The SMILES string of the molecule is Cc1nn(C)c(N(C)C2CCS(=O)(=O)C2)c1C(=O)O. The lowest BCUT2D eigenvalue weighted by atomic mass is 10.2. The number of nitrogens with zero attached hydrogens (tertiary/aromatic N) is 3. The Morgan fingerprint density at radius 2 is 2.16 bits per heavy atom. The van der Waals surface area contributed by atoms with Crippen molar-refractivity contribution in [3.8, 4) is 0 Å². The smallest absolute Gasteiger partial charge is 0.341 e. The van der Waals surface area contributed by atoms with Gasteiger partial charge in [-0.1, -0.05) is 0 Å². The molecule has 7 nitrogen and oxygen atoms in total. The molecule has 2 heterocycles. The molecule has 1 aromatic rings. The zero-order chi connectivity index (χ0) is 14.4. The van der Waals surface area contributed by atoms with Crippen LogP contribution in [0.1, 0.15) is 22.5 Å². The van der Waals surface area contributed by atoms with Crippen LogP contribution in [0.2, 0.25) is 0 Å². The molecule has 1 fully saturated rings. The van der Waals surface area contributed by atoms with Gasteiger partial charge in [0.2, 0.25) is 0 Å². The quantitative estimate of drug-likeness (QED) is 0.844. The monoisotopic (exact) mass is 287 g/mol. The van der Waals surface area contributed by atoms with Gasteiger partial charge in [-0.3, -0.25) is 4.68 Å². The number of carboxylic acid groups (broad SMARTS) is 1. The molecule has 0 spiro atoms. The molecule has 1 N–H and O–H groups in total. The van der Waals surface area contributed by atoms with Crippen LogP contribution in [0, 0.1) is 6.92 Å². The Balaban J connectivity index is 2.40. The Morgan fingerprint density at radius 1 is 1.53 bits per heavy atom. The van der Waals surface area contributed by atoms with Gasteiger partial charge in [-0.15, -0.1) is 0 Å². The van der Waals surface area contributed by atoms with Gasteiger partial charge in [0.15, 0.2) is 9.84 Å². The average Bonchev–Trinajstić information content (AvgIpc) is 2.77. The summed E-state index contributed by atoms with van der Waals surface area (Å²) in [4.78, 5) is 13.0. The molecule has 1 saturated heterocycles. The van der Waals surface area contributed by atoms with Crippen molar-refractivity contribution in [1.82, 2.24) is 9.78 Å². The molecule has 1 aliphatic heterocycles. The van der Waals surface area contributed by atoms with Crippen LogP contribution in [0.25, 0.3) is 0 Å². The molecule has 106 valence electrons. The number of hydrogen-bond donors (Lipinski definition) is 1. The third kappa shape index (κ3) is 2.44. The van der Waals surface area contributed by atoms with E-state index in [9.17, 15) is 18.3 Å². The highest BCUT2D eigenvalue weighted by Gasteiger charge is 2.34. The lowest BCUT2D eigenvalue weighted by molar-refractivity contribution is 0.0696. The van der Waals surface area contributed by atoms with Gasteiger partial charge >= 0.3 is 5.97 Å². The summed E-state index contributed by atoms with van der Waals surface area (Å²) in [5.41, 5.74) is 0.562. The standard InChI is InChI=1S/C11H17N3O4S/c1-7-9(11(15)16)10(14(3)12-7)13(2)8-4-5-19(17,18)6-8/h8H,4-6H2,1-3H3,(H,15,16). The van der Waals surface area contributed by atoms with Crippen molar-refractivity contribution in [2.75, 3.05) is 23.5 Å². The van der Waals surface area contributed by atoms with Crippen LogP contribution >= 0.6 is 0 Å². The minimum Gasteiger partial charge on any atom is -0.477 e. The highest BCUT2D eigenvalue weighted by Crippen LogP contribution is 2.27. The summed E-state index contributed by atoms with van der Waals surface area (Å²) in [6.45, 7) is 1.63. The van der Waals surface area contributed by atoms with E-state index in [0.29, 0.717) is 17.9 Å². The number of aromatic nitrogens is 2. The highest BCUT2D eigenvalue weighted by atomic mass is 32.2. The summed E-state index contributed by atoms with van der Waals surface area (Å²) < 4.78 is 24.5. The van der Waals surface area contributed by atoms with Crippen LogP contribution in [0.4, 0.5) is 5.82 Å². The molecular weight excluding hydrogens is 270 g/mol. The fraction of sp³-hybridized carbons (Fsp3) is 0.636. The van der Waals surface area contributed by atoms with Gasteiger partial charge in [0, 0.05) is 20.1 Å². The molecule has 2 rings (SSSR count). The summed E-state index contributed by atoms with van der Waals surface area (Å²) in [6, 6.07) is -0.196. The summed E-state index contributed by atoms with van der Waals surface area (Å²) in [5.74, 6) is -0.381. The van der Waals surface area contributed by atoms with Crippen molar-refractivity contribution in [1.29, 1.82) is 0 Å². The van der Waals surface area contributed by atoms with Gasteiger partial charge in [-0.25, -0.2) is 13.2 Å². The number of rotatable bonds is 3. The van der Waals surface area contributed by atoms with Gasteiger partial charge < -0.3 is 10.0 Å². The fourth-order valence-electron chi connectivity index (χ4n) is 2.55. The van der Waals surface area contributed by atoms with Crippen molar-refractivity contribution in [3.05, 3.63) is 11.3 Å². The van der Waals surface area contributed by atoms with Crippen LogP contribution < -0.4 is 4.90 Å². The highest BCUT2D eigenvalue weighted by molar-refractivity contribution is 7.91. The van der Waals surface area contributed by atoms with Crippen molar-refractivity contribution in [2.45, 2.75) is 19.4 Å². The van der Waals surface area contributed by atoms with E-state index in [-0.39, 0.29) is 23.1 Å². The van der Waals surface area contributed by atoms with Gasteiger partial charge in [0.25, 0.3) is 0 Å². The summed E-state index contributed by atoms with van der Waals surface area (Å²) >= 11 is 0. The molecule has 0 amide bonds. The average molecular weight is 287 g/mol. The van der Waals surface area contributed by atoms with Crippen LogP contribution in [0.3, 0.4) is 0 Å². The van der Waals surface area contributed by atoms with Gasteiger partial charge in [0.05, 0.1) is 17.2 Å². The fourth-order valence-corrected chi connectivity index (χ4v) is 4.33. The molecule has 0 bridgehead atoms. The largest absolute Gasteiger partial charge is 0.477 e. The Kier molecular flexibility index (Phi) is 3.29. The van der Waals surface area contributed by atoms with Gasteiger partial charge in [0.1, 0.15) is 11.4 Å². The van der Waals surface area contributed by atoms with Crippen LogP contribution in [-0.2, 0) is 16.9 Å². The summed E-state index contributed by atoms with van der Waals surface area (Å²) in [6.07, 6.45) is 0.516. The molecule has 19 heavy (non-hydrogen) atoms. The first kappa shape index (κ1) is 13.9. The maximum atomic E-state index is 11.5. The predicted molar refractivity (Wildman–Crippen MR) is 70.4 cm³/mol. The Morgan fingerprint density at radius 3 is 2.63 bits per heavy atom. The first-order chi connectivity index (χ1) is 8.73. The van der Waals surface area contributed by atoms with E-state index < -0.39 is 15.8 Å². The molecule has 1 aliphatic rings. The molecule has 1 unspecified atom stereocenters. The molecule has 1 atom stereocenters. The molecule has 0 aliphatic carbocycles. The van der Waals surface area contributed by atoms with E-state index in [4.69, 9.17) is 0 Å². The Bertz CT molecular complexity index is 620. The summed E-state index contributed by atoms with van der Waals surface area (Å²) in [7, 11) is 0.372. The van der Waals surface area contributed by atoms with E-state index in [2.05, 4.69) is 5.10 Å². The van der Waals surface area contributed by atoms with E-state index in [1.807, 2.05) is 0 Å². The molecule has 0 radical (unpaired) electrons. The van der Waals surface area contributed by atoms with E-state index in [1.165, 1.54) is 4.68 Å². The minimum absolute atomic E-state index is 0.0623. The predicted octanol–water partition coefficient (Wildman–Crippen LogP) is 0.0500. The molecular formula is C11H17N3O4S. The van der Waals surface area contributed by atoms with Crippen LogP contribution in [0.5, 0.6) is 0 Å². The maximum absolute atomic E-state index is 11.5. The number of sulfone groups is 1. The first-order valence-corrected chi connectivity index (χ1v) is 7.75. The number of aryl methyl sites for hydroxylation is 2. The van der Waals surface area contributed by atoms with Crippen molar-refractivity contribution >= 4 is 21.6 Å². The molecule has 8 heteroatoms. The molecule has 0 aromatic carbocycles. The topological polar surface area (TPSA) is 92.5 Å². The van der Waals surface area contributed by atoms with E-state index >= 15 is 0 Å². The van der Waals surface area contributed by atoms with Crippen LogP contribution in [-0.4, -0.2) is 53.9 Å². The second-order valence-corrected chi connectivity index (χ2v) is 7.11. The van der Waals surface area contributed by atoms with Crippen molar-refractivity contribution < 1.29 is 18.3 Å². The minimum atomic E-state index is -3.01. The number of aromatic carboxylic acids is 1. The number of hydrogen-bond acceptors (Lipinski definition) is 5. The number of carboxylic acids is 1. The van der Waals surface area contributed by atoms with Crippen molar-refractivity contribution in [3.63, 3.8) is 0 Å². The number of anilines is 1. The molecule has 0 saturated carbocycles. The van der Waals surface area contributed by atoms with E-state index in [0.717, 1.165) is 0 Å². The normalized spacial score (nSPS) is 21.5. The first-order valence-electron chi connectivity index (χ1n) is 5.93. The summed E-state index contributed by atoms with van der Waals surface area (Å²) in [5, 5.41) is 13.4.